The van der Waals surface area contributed by atoms with Crippen molar-refractivity contribution in [3.8, 4) is 0 Å². The maximum atomic E-state index is 6.92. The Morgan fingerprint density at radius 2 is 0.803 bits per heavy atom. The lowest BCUT2D eigenvalue weighted by molar-refractivity contribution is 0.590. The maximum Gasteiger partial charge on any atom is 0.137 e. The fourth-order valence-electron chi connectivity index (χ4n) is 12.1. The molecule has 3 aromatic heterocycles. The summed E-state index contributed by atoms with van der Waals surface area (Å²) in [7, 11) is 0. The predicted molar refractivity (Wildman–Crippen MR) is 326 cm³/mol. The molecule has 0 amide bonds. The van der Waals surface area contributed by atoms with Crippen molar-refractivity contribution >= 4 is 126 Å². The number of aromatic nitrogens is 1. The lowest BCUT2D eigenvalue weighted by Crippen LogP contribution is -2.13. The number of furan rings is 1. The van der Waals surface area contributed by atoms with Gasteiger partial charge in [-0.25, -0.2) is 0 Å². The van der Waals surface area contributed by atoms with E-state index in [-0.39, 0.29) is 16.2 Å². The number of rotatable bonds is 6. The van der Waals surface area contributed by atoms with Crippen LogP contribution in [0.1, 0.15) is 79.0 Å². The molecule has 0 atom stereocenters. The molecule has 0 saturated carbocycles. The normalized spacial score (nSPS) is 12.8. The number of nitrogens with zero attached hydrogens (tertiary/aromatic N) is 3. The summed E-state index contributed by atoms with van der Waals surface area (Å²) in [6.07, 6.45) is 0. The van der Waals surface area contributed by atoms with Gasteiger partial charge in [0.15, 0.2) is 0 Å². The second-order valence-electron chi connectivity index (χ2n) is 24.3. The zero-order chi connectivity index (χ0) is 52.0. The topological polar surface area (TPSA) is 24.0 Å². The first kappa shape index (κ1) is 46.0. The molecule has 0 spiro atoms. The number of hydrogen-bond donors (Lipinski definition) is 0. The van der Waals surface area contributed by atoms with Gasteiger partial charge < -0.3 is 18.6 Å². The predicted octanol–water partition coefficient (Wildman–Crippen LogP) is 21.0. The Bertz CT molecular complexity index is 4630. The molecule has 14 aromatic rings. The van der Waals surface area contributed by atoms with Gasteiger partial charge in [0.2, 0.25) is 0 Å². The van der Waals surface area contributed by atoms with E-state index in [1.807, 2.05) is 0 Å². The molecule has 11 aromatic carbocycles. The summed E-state index contributed by atoms with van der Waals surface area (Å²) < 4.78 is 9.47. The van der Waals surface area contributed by atoms with E-state index in [2.05, 4.69) is 283 Å². The highest BCUT2D eigenvalue weighted by Crippen LogP contribution is 2.50. The van der Waals surface area contributed by atoms with Crippen molar-refractivity contribution in [2.24, 2.45) is 0 Å². The fourth-order valence-corrected chi connectivity index (χ4v) is 12.1. The van der Waals surface area contributed by atoms with Crippen LogP contribution in [0.2, 0.25) is 0 Å². The van der Waals surface area contributed by atoms with Gasteiger partial charge in [0.25, 0.3) is 0 Å². The van der Waals surface area contributed by atoms with Crippen molar-refractivity contribution in [2.45, 2.75) is 78.6 Å². The van der Waals surface area contributed by atoms with Gasteiger partial charge in [-0.15, -0.1) is 0 Å². The van der Waals surface area contributed by atoms with Crippen LogP contribution in [0.25, 0.3) is 92.4 Å². The Labute approximate surface area is 444 Å². The van der Waals surface area contributed by atoms with Gasteiger partial charge in [-0.1, -0.05) is 159 Å². The number of fused-ring (bicyclic) bond motifs is 12. The smallest absolute Gasteiger partial charge is 0.137 e. The Kier molecular flexibility index (Phi) is 9.95. The van der Waals surface area contributed by atoms with Crippen LogP contribution in [0, 0.1) is 0 Å². The van der Waals surface area contributed by atoms with Crippen LogP contribution >= 0.6 is 0 Å². The maximum absolute atomic E-state index is 6.92. The molecule has 370 valence electrons. The standard InChI is InChI=1S/C72H61N3O/c1-70(2,3)50-20-27-53(28-21-50)73(55-25-18-44-14-10-12-16-46(44)36-55)57-31-32-58-61-39-48-40-65-60(38-49(48)41-66(61)76-67(58)43-57)59-33-35-64(68-62-42-52(72(7,8)9)24-34-63(62)75(65)69(59)68)74(54-29-22-51(23-30-54)71(4,5)6)56-26-19-45-15-11-13-17-47(45)37-56/h10-43H,1-9H3. The highest BCUT2D eigenvalue weighted by Gasteiger charge is 2.27. The van der Waals surface area contributed by atoms with Gasteiger partial charge in [-0.2, -0.15) is 0 Å². The second kappa shape index (κ2) is 16.4. The molecular formula is C72H61N3O. The third-order valence-corrected chi connectivity index (χ3v) is 16.3. The van der Waals surface area contributed by atoms with Gasteiger partial charge in [0, 0.05) is 66.8 Å². The lowest BCUT2D eigenvalue weighted by atomic mass is 9.86. The molecule has 0 saturated heterocycles. The SMILES string of the molecule is CC(C)(C)c1ccc(N(c2ccc3ccccc3c2)c2ccc3c(c2)oc2cc4cc5c6ccc(N(c7ccc(C(C)(C)C)cc7)c7ccc8ccccc8c7)c7c8cc(C(C)(C)C)ccc8n(c5cc4cc23)c67)cc1. The van der Waals surface area contributed by atoms with E-state index < -0.39 is 0 Å². The van der Waals surface area contributed by atoms with E-state index in [1.165, 1.54) is 81.7 Å². The molecule has 76 heavy (non-hydrogen) atoms. The van der Waals surface area contributed by atoms with Crippen LogP contribution in [0.4, 0.5) is 34.1 Å². The van der Waals surface area contributed by atoms with Crippen LogP contribution in [0.5, 0.6) is 0 Å². The number of benzene rings is 11. The van der Waals surface area contributed by atoms with Crippen LogP contribution in [-0.4, -0.2) is 4.40 Å². The van der Waals surface area contributed by atoms with E-state index in [1.54, 1.807) is 0 Å². The number of anilines is 6. The molecule has 0 fully saturated rings. The molecule has 0 radical (unpaired) electrons. The highest BCUT2D eigenvalue weighted by atomic mass is 16.3. The van der Waals surface area contributed by atoms with Gasteiger partial charge in [-0.05, 0) is 168 Å². The molecule has 3 heterocycles. The zero-order valence-electron chi connectivity index (χ0n) is 44.9. The first-order valence-corrected chi connectivity index (χ1v) is 26.9. The van der Waals surface area contributed by atoms with Gasteiger partial charge in [0.05, 0.1) is 22.2 Å². The third kappa shape index (κ3) is 7.33. The van der Waals surface area contributed by atoms with E-state index in [0.29, 0.717) is 0 Å². The molecule has 14 rings (SSSR count). The first-order valence-electron chi connectivity index (χ1n) is 26.9. The number of hydrogen-bond acceptors (Lipinski definition) is 3. The zero-order valence-corrected chi connectivity index (χ0v) is 44.9. The summed E-state index contributed by atoms with van der Waals surface area (Å²) in [4.78, 5) is 4.84. The Balaban J connectivity index is 0.961. The van der Waals surface area contributed by atoms with Crippen molar-refractivity contribution in [1.82, 2.24) is 4.40 Å². The molecule has 0 N–H and O–H groups in total. The summed E-state index contributed by atoms with van der Waals surface area (Å²) in [6, 6.07) is 77.2. The van der Waals surface area contributed by atoms with Crippen molar-refractivity contribution in [1.29, 1.82) is 0 Å². The summed E-state index contributed by atoms with van der Waals surface area (Å²) >= 11 is 0. The summed E-state index contributed by atoms with van der Waals surface area (Å²) in [6.45, 7) is 20.6. The quantitative estimate of drug-likeness (QED) is 0.166. The monoisotopic (exact) mass is 983 g/mol. The average molecular weight is 984 g/mol. The van der Waals surface area contributed by atoms with Crippen LogP contribution in [-0.2, 0) is 16.2 Å². The van der Waals surface area contributed by atoms with Gasteiger partial charge in [0.1, 0.15) is 11.2 Å². The first-order chi connectivity index (χ1) is 36.5. The second-order valence-corrected chi connectivity index (χ2v) is 24.3. The Morgan fingerprint density at radius 3 is 1.42 bits per heavy atom. The van der Waals surface area contributed by atoms with E-state index in [9.17, 15) is 0 Å². The van der Waals surface area contributed by atoms with Gasteiger partial charge >= 0.3 is 0 Å². The summed E-state index contributed by atoms with van der Waals surface area (Å²) in [5.41, 5.74) is 16.1. The Hall–Kier alpha value is -8.60. The molecule has 4 nitrogen and oxygen atoms in total. The molecule has 0 bridgehead atoms. The fraction of sp³-hybridized carbons (Fsp3) is 0.167. The van der Waals surface area contributed by atoms with Crippen molar-refractivity contribution < 1.29 is 4.42 Å². The summed E-state index contributed by atoms with van der Waals surface area (Å²) in [5.74, 6) is 0. The molecule has 0 aliphatic heterocycles. The molecule has 0 aliphatic rings. The highest BCUT2D eigenvalue weighted by molar-refractivity contribution is 6.29. The Morgan fingerprint density at radius 1 is 0.316 bits per heavy atom. The minimum absolute atomic E-state index is 0.0336. The summed E-state index contributed by atoms with van der Waals surface area (Å²) in [5, 5.41) is 14.4. The van der Waals surface area contributed by atoms with E-state index >= 15 is 0 Å². The molecule has 0 unspecified atom stereocenters. The minimum atomic E-state index is -0.0363. The molecule has 0 aliphatic carbocycles. The van der Waals surface area contributed by atoms with Gasteiger partial charge in [-0.3, -0.25) is 0 Å². The molecule has 4 heteroatoms. The molecular weight excluding hydrogens is 923 g/mol. The lowest BCUT2D eigenvalue weighted by Gasteiger charge is -2.28. The largest absolute Gasteiger partial charge is 0.456 e. The average Bonchev–Trinajstić information content (AvgIpc) is 4.19. The minimum Gasteiger partial charge on any atom is -0.456 e. The van der Waals surface area contributed by atoms with Crippen LogP contribution < -0.4 is 9.80 Å². The van der Waals surface area contributed by atoms with Crippen molar-refractivity contribution in [2.75, 3.05) is 9.80 Å². The van der Waals surface area contributed by atoms with Crippen LogP contribution in [0.3, 0.4) is 0 Å². The van der Waals surface area contributed by atoms with Crippen molar-refractivity contribution in [3.05, 3.63) is 223 Å². The third-order valence-electron chi connectivity index (χ3n) is 16.3. The van der Waals surface area contributed by atoms with Crippen LogP contribution in [0.15, 0.2) is 211 Å². The van der Waals surface area contributed by atoms with E-state index in [0.717, 1.165) is 61.4 Å². The van der Waals surface area contributed by atoms with E-state index in [4.69, 9.17) is 4.42 Å². The van der Waals surface area contributed by atoms with Crippen molar-refractivity contribution in [3.63, 3.8) is 0 Å².